The van der Waals surface area contributed by atoms with E-state index in [0.29, 0.717) is 29.0 Å². The SMILES string of the molecule is C=CCOc1nc(SC)nc(N2CCc3ccccc3CC2)c1C#N. The summed E-state index contributed by atoms with van der Waals surface area (Å²) >= 11 is 1.44. The van der Waals surface area contributed by atoms with E-state index in [-0.39, 0.29) is 0 Å². The lowest BCUT2D eigenvalue weighted by Gasteiger charge is -2.23. The second-order valence-corrected chi connectivity index (χ2v) is 6.45. The predicted molar refractivity (Wildman–Crippen MR) is 100 cm³/mol. The highest BCUT2D eigenvalue weighted by molar-refractivity contribution is 7.98. The number of nitrogens with zero attached hydrogens (tertiary/aromatic N) is 4. The first-order chi connectivity index (χ1) is 12.3. The third-order valence-electron chi connectivity index (χ3n) is 4.19. The quantitative estimate of drug-likeness (QED) is 0.468. The van der Waals surface area contributed by atoms with E-state index in [9.17, 15) is 5.26 Å². The number of rotatable bonds is 5. The molecule has 0 aliphatic carbocycles. The Hall–Kier alpha value is -2.52. The van der Waals surface area contributed by atoms with Gasteiger partial charge in [-0.25, -0.2) is 4.98 Å². The van der Waals surface area contributed by atoms with Gasteiger partial charge in [-0.15, -0.1) is 0 Å². The minimum absolute atomic E-state index is 0.310. The molecule has 6 heteroatoms. The summed E-state index contributed by atoms with van der Waals surface area (Å²) in [7, 11) is 0. The molecule has 1 aliphatic heterocycles. The summed E-state index contributed by atoms with van der Waals surface area (Å²) in [4.78, 5) is 11.1. The average molecular weight is 352 g/mol. The minimum atomic E-state index is 0.310. The Morgan fingerprint density at radius 2 is 1.96 bits per heavy atom. The van der Waals surface area contributed by atoms with Crippen LogP contribution in [0, 0.1) is 11.3 Å². The molecule has 0 bridgehead atoms. The summed E-state index contributed by atoms with van der Waals surface area (Å²) < 4.78 is 5.61. The van der Waals surface area contributed by atoms with Crippen LogP contribution in [0.15, 0.2) is 42.1 Å². The molecule has 5 nitrogen and oxygen atoms in total. The number of anilines is 1. The fraction of sp³-hybridized carbons (Fsp3) is 0.316. The smallest absolute Gasteiger partial charge is 0.238 e. The maximum Gasteiger partial charge on any atom is 0.238 e. The maximum atomic E-state index is 9.67. The van der Waals surface area contributed by atoms with E-state index >= 15 is 0 Å². The summed E-state index contributed by atoms with van der Waals surface area (Å²) in [5, 5.41) is 10.3. The molecule has 0 unspecified atom stereocenters. The van der Waals surface area contributed by atoms with Gasteiger partial charge in [0.25, 0.3) is 0 Å². The van der Waals surface area contributed by atoms with Gasteiger partial charge in [0.15, 0.2) is 16.5 Å². The van der Waals surface area contributed by atoms with Crippen LogP contribution < -0.4 is 9.64 Å². The maximum absolute atomic E-state index is 9.67. The van der Waals surface area contributed by atoms with E-state index in [1.165, 1.54) is 22.9 Å². The summed E-state index contributed by atoms with van der Waals surface area (Å²) in [6, 6.07) is 10.7. The average Bonchev–Trinajstić information content (AvgIpc) is 2.88. The standard InChI is InChI=1S/C19H20N4OS/c1-3-12-24-18-16(13-20)17(21-19(22-18)25-2)23-10-8-14-6-4-5-7-15(14)9-11-23/h3-7H,1,8-12H2,2H3. The largest absolute Gasteiger partial charge is 0.472 e. The molecule has 1 aromatic carbocycles. The summed E-state index contributed by atoms with van der Waals surface area (Å²) in [5.41, 5.74) is 3.13. The van der Waals surface area contributed by atoms with Crippen LogP contribution in [-0.2, 0) is 12.8 Å². The second-order valence-electron chi connectivity index (χ2n) is 5.68. The molecule has 3 rings (SSSR count). The molecule has 128 valence electrons. The van der Waals surface area contributed by atoms with Crippen LogP contribution in [0.25, 0.3) is 0 Å². The number of fused-ring (bicyclic) bond motifs is 1. The molecule has 1 aliphatic rings. The van der Waals surface area contributed by atoms with Crippen molar-refractivity contribution >= 4 is 17.6 Å². The van der Waals surface area contributed by atoms with Crippen LogP contribution in [0.2, 0.25) is 0 Å². The molecule has 0 atom stereocenters. The molecular weight excluding hydrogens is 332 g/mol. The zero-order chi connectivity index (χ0) is 17.6. The van der Waals surface area contributed by atoms with E-state index in [2.05, 4.69) is 51.8 Å². The van der Waals surface area contributed by atoms with Crippen molar-refractivity contribution in [3.05, 3.63) is 53.6 Å². The lowest BCUT2D eigenvalue weighted by atomic mass is 10.0. The molecule has 0 spiro atoms. The second kappa shape index (κ2) is 8.04. The van der Waals surface area contributed by atoms with E-state index in [1.54, 1.807) is 6.08 Å². The zero-order valence-electron chi connectivity index (χ0n) is 14.2. The molecule has 2 aromatic rings. The Bertz CT molecular complexity index is 789. The fourth-order valence-electron chi connectivity index (χ4n) is 2.95. The monoisotopic (exact) mass is 352 g/mol. The molecule has 25 heavy (non-hydrogen) atoms. The molecule has 0 amide bonds. The Morgan fingerprint density at radius 1 is 1.28 bits per heavy atom. The van der Waals surface area contributed by atoms with Crippen molar-refractivity contribution < 1.29 is 4.74 Å². The van der Waals surface area contributed by atoms with Crippen LogP contribution in [0.3, 0.4) is 0 Å². The first kappa shape index (κ1) is 17.3. The molecular formula is C19H20N4OS. The fourth-order valence-corrected chi connectivity index (χ4v) is 3.30. The zero-order valence-corrected chi connectivity index (χ0v) is 15.1. The minimum Gasteiger partial charge on any atom is -0.472 e. The van der Waals surface area contributed by atoms with Crippen molar-refractivity contribution in [1.82, 2.24) is 9.97 Å². The summed E-state index contributed by atoms with van der Waals surface area (Å²) in [6.07, 6.45) is 5.43. The van der Waals surface area contributed by atoms with Gasteiger partial charge in [0.1, 0.15) is 12.7 Å². The lowest BCUT2D eigenvalue weighted by molar-refractivity contribution is 0.343. The predicted octanol–water partition coefficient (Wildman–Crippen LogP) is 3.24. The number of hydrogen-bond donors (Lipinski definition) is 0. The number of aromatic nitrogens is 2. The number of benzene rings is 1. The Labute approximate surface area is 152 Å². The highest BCUT2D eigenvalue weighted by atomic mass is 32.2. The Morgan fingerprint density at radius 3 is 2.52 bits per heavy atom. The highest BCUT2D eigenvalue weighted by Crippen LogP contribution is 2.30. The first-order valence-electron chi connectivity index (χ1n) is 8.18. The normalized spacial score (nSPS) is 13.5. The number of thioether (sulfide) groups is 1. The van der Waals surface area contributed by atoms with Crippen LogP contribution >= 0.6 is 11.8 Å². The molecule has 1 aromatic heterocycles. The van der Waals surface area contributed by atoms with E-state index in [0.717, 1.165) is 25.9 Å². The lowest BCUT2D eigenvalue weighted by Crippen LogP contribution is -2.28. The van der Waals surface area contributed by atoms with Crippen LogP contribution in [0.1, 0.15) is 16.7 Å². The summed E-state index contributed by atoms with van der Waals surface area (Å²) in [6.45, 7) is 5.60. The number of nitriles is 1. The van der Waals surface area contributed by atoms with Crippen LogP contribution in [0.5, 0.6) is 5.88 Å². The third kappa shape index (κ3) is 3.77. The van der Waals surface area contributed by atoms with Gasteiger partial charge >= 0.3 is 0 Å². The Balaban J connectivity index is 1.96. The Kier molecular flexibility index (Phi) is 5.56. The topological polar surface area (TPSA) is 62.0 Å². The number of ether oxygens (including phenoxy) is 1. The van der Waals surface area contributed by atoms with E-state index < -0.39 is 0 Å². The summed E-state index contributed by atoms with van der Waals surface area (Å²) in [5.74, 6) is 0.993. The van der Waals surface area contributed by atoms with Gasteiger partial charge in [-0.1, -0.05) is 48.7 Å². The molecule has 0 saturated heterocycles. The first-order valence-corrected chi connectivity index (χ1v) is 9.40. The van der Waals surface area contributed by atoms with Gasteiger partial charge in [-0.2, -0.15) is 10.2 Å². The third-order valence-corrected chi connectivity index (χ3v) is 4.74. The van der Waals surface area contributed by atoms with Gasteiger partial charge in [0.2, 0.25) is 5.88 Å². The highest BCUT2D eigenvalue weighted by Gasteiger charge is 2.22. The van der Waals surface area contributed by atoms with Gasteiger partial charge in [-0.05, 0) is 30.2 Å². The van der Waals surface area contributed by atoms with Gasteiger partial charge in [0, 0.05) is 13.1 Å². The molecule has 0 fully saturated rings. The molecule has 0 radical (unpaired) electrons. The van der Waals surface area contributed by atoms with Crippen molar-refractivity contribution in [3.8, 4) is 11.9 Å². The van der Waals surface area contributed by atoms with Crippen molar-refractivity contribution in [3.63, 3.8) is 0 Å². The van der Waals surface area contributed by atoms with Gasteiger partial charge in [-0.3, -0.25) is 0 Å². The van der Waals surface area contributed by atoms with E-state index in [4.69, 9.17) is 4.74 Å². The van der Waals surface area contributed by atoms with Crippen LogP contribution in [-0.4, -0.2) is 35.9 Å². The van der Waals surface area contributed by atoms with Crippen molar-refractivity contribution in [2.24, 2.45) is 0 Å². The van der Waals surface area contributed by atoms with E-state index in [1.807, 2.05) is 6.26 Å². The number of hydrogen-bond acceptors (Lipinski definition) is 6. The van der Waals surface area contributed by atoms with Crippen molar-refractivity contribution in [1.29, 1.82) is 5.26 Å². The molecule has 2 heterocycles. The van der Waals surface area contributed by atoms with Crippen molar-refractivity contribution in [2.75, 3.05) is 30.9 Å². The van der Waals surface area contributed by atoms with Crippen LogP contribution in [0.4, 0.5) is 5.82 Å². The van der Waals surface area contributed by atoms with Gasteiger partial charge < -0.3 is 9.64 Å². The molecule has 0 N–H and O–H groups in total. The van der Waals surface area contributed by atoms with Crippen molar-refractivity contribution in [2.45, 2.75) is 18.0 Å². The molecule has 0 saturated carbocycles. The van der Waals surface area contributed by atoms with Gasteiger partial charge in [0.05, 0.1) is 0 Å².